The fraction of sp³-hybridized carbons (Fsp3) is 0.234. The molecule has 5 aromatic carbocycles. The second-order valence-corrected chi connectivity index (χ2v) is 16.1. The van der Waals surface area contributed by atoms with Crippen molar-refractivity contribution in [2.45, 2.75) is 57.4 Å². The van der Waals surface area contributed by atoms with E-state index in [0.717, 1.165) is 13.8 Å². The first-order valence-corrected chi connectivity index (χ1v) is 22.9. The Kier molecular flexibility index (Phi) is 19.4. The number of amides is 4. The van der Waals surface area contributed by atoms with Crippen molar-refractivity contribution in [1.29, 1.82) is 0 Å². The third-order valence-electron chi connectivity index (χ3n) is 9.59. The summed E-state index contributed by atoms with van der Waals surface area (Å²) in [6.07, 6.45) is 0. The number of rotatable bonds is 21. The van der Waals surface area contributed by atoms with E-state index in [1.807, 2.05) is 13.8 Å². The Labute approximate surface area is 416 Å². The summed E-state index contributed by atoms with van der Waals surface area (Å²) >= 11 is 31.2. The van der Waals surface area contributed by atoms with Crippen LogP contribution in [0.3, 0.4) is 0 Å². The van der Waals surface area contributed by atoms with Gasteiger partial charge in [-0.15, -0.1) is 34.8 Å². The van der Waals surface area contributed by atoms with Crippen molar-refractivity contribution in [2.75, 3.05) is 34.5 Å². The predicted octanol–water partition coefficient (Wildman–Crippen LogP) is 11.9. The van der Waals surface area contributed by atoms with Gasteiger partial charge in [0.15, 0.2) is 11.6 Å². The Morgan fingerprint density at radius 2 is 0.956 bits per heavy atom. The Balaban J connectivity index is 1.27. The van der Waals surface area contributed by atoms with Gasteiger partial charge in [0, 0.05) is 63.6 Å². The molecule has 0 aliphatic carbocycles. The topological polar surface area (TPSA) is 218 Å². The molecule has 2 unspecified atom stereocenters. The van der Waals surface area contributed by atoms with Gasteiger partial charge in [0.05, 0.1) is 23.3 Å². The molecule has 4 amide bonds. The van der Waals surface area contributed by atoms with E-state index in [-0.39, 0.29) is 61.6 Å². The van der Waals surface area contributed by atoms with Gasteiger partial charge in [0.1, 0.15) is 22.9 Å². The van der Waals surface area contributed by atoms with E-state index in [4.69, 9.17) is 67.5 Å². The number of benzene rings is 5. The number of alkyl halides is 3. The maximum Gasteiger partial charge on any atom is 0.258 e. The van der Waals surface area contributed by atoms with E-state index < -0.39 is 47.3 Å². The lowest BCUT2D eigenvalue weighted by molar-refractivity contribution is -0.127. The van der Waals surface area contributed by atoms with Crippen molar-refractivity contribution in [3.05, 3.63) is 129 Å². The SMILES string of the molecule is CCOc1ccc(CCl)c(NC(=O)c2ccc(Cl)c(N=NC(C(C)=O)C(=O)Nc3ccc(NC(=O)C(N=Nc4cc(C(=O)Nc5cc(OCC)ccc5CCl)ccc4Cl)C(C)=O)c(CCl)c3)c2)c1. The number of ketones is 2. The van der Waals surface area contributed by atoms with Crippen LogP contribution in [-0.2, 0) is 36.8 Å². The third-order valence-corrected chi connectivity index (χ3v) is 11.1. The number of nitrogens with zero attached hydrogens (tertiary/aromatic N) is 4. The summed E-state index contributed by atoms with van der Waals surface area (Å²) in [6, 6.07) is 19.7. The highest BCUT2D eigenvalue weighted by Gasteiger charge is 2.26. The van der Waals surface area contributed by atoms with Crippen molar-refractivity contribution >= 4 is 127 Å². The lowest BCUT2D eigenvalue weighted by Gasteiger charge is -2.15. The average Bonchev–Trinajstić information content (AvgIpc) is 3.30. The van der Waals surface area contributed by atoms with Gasteiger partial charge in [0.25, 0.3) is 23.6 Å². The lowest BCUT2D eigenvalue weighted by Crippen LogP contribution is -2.32. The second-order valence-electron chi connectivity index (χ2n) is 14.5. The van der Waals surface area contributed by atoms with Gasteiger partial charge in [-0.05, 0) is 111 Å². The summed E-state index contributed by atoms with van der Waals surface area (Å²) in [5, 5.41) is 27.0. The van der Waals surface area contributed by atoms with Crippen molar-refractivity contribution < 1.29 is 38.2 Å². The quantitative estimate of drug-likeness (QED) is 0.0314. The van der Waals surface area contributed by atoms with E-state index >= 15 is 0 Å². The zero-order valence-corrected chi connectivity index (χ0v) is 40.6. The fourth-order valence-electron chi connectivity index (χ4n) is 6.13. The number of Topliss-reactive ketones (excluding diaryl/α,β-unsaturated/α-hetero) is 2. The van der Waals surface area contributed by atoms with Crippen LogP contribution >= 0.6 is 58.0 Å². The lowest BCUT2D eigenvalue weighted by atomic mass is 10.1. The first kappa shape index (κ1) is 52.5. The van der Waals surface area contributed by atoms with Crippen LogP contribution in [0.15, 0.2) is 111 Å². The highest BCUT2D eigenvalue weighted by Crippen LogP contribution is 2.32. The fourth-order valence-corrected chi connectivity index (χ4v) is 7.13. The highest BCUT2D eigenvalue weighted by atomic mass is 35.5. The van der Waals surface area contributed by atoms with Gasteiger partial charge in [0.2, 0.25) is 12.1 Å². The smallest absolute Gasteiger partial charge is 0.258 e. The predicted molar refractivity (Wildman–Crippen MR) is 264 cm³/mol. The molecular formula is C47H43Cl5N8O8. The summed E-state index contributed by atoms with van der Waals surface area (Å²) < 4.78 is 11.1. The summed E-state index contributed by atoms with van der Waals surface area (Å²) in [4.78, 5) is 78.8. The van der Waals surface area contributed by atoms with Crippen molar-refractivity contribution in [3.8, 4) is 11.5 Å². The number of azo groups is 2. The van der Waals surface area contributed by atoms with Crippen molar-refractivity contribution in [3.63, 3.8) is 0 Å². The van der Waals surface area contributed by atoms with Crippen LogP contribution in [0.2, 0.25) is 10.0 Å². The number of anilines is 4. The number of ether oxygens (including phenoxy) is 2. The maximum atomic E-state index is 13.5. The summed E-state index contributed by atoms with van der Waals surface area (Å²) in [7, 11) is 0. The molecule has 0 bridgehead atoms. The zero-order valence-electron chi connectivity index (χ0n) is 36.8. The number of hydrogen-bond donors (Lipinski definition) is 4. The molecule has 0 heterocycles. The molecule has 0 fully saturated rings. The zero-order chi connectivity index (χ0) is 49.5. The number of halogens is 5. The number of hydrogen-bond acceptors (Lipinski definition) is 12. The van der Waals surface area contributed by atoms with Crippen LogP contribution in [0.4, 0.5) is 34.1 Å². The third kappa shape index (κ3) is 14.1. The molecule has 4 N–H and O–H groups in total. The Hall–Kier alpha value is -6.43. The van der Waals surface area contributed by atoms with E-state index in [9.17, 15) is 28.8 Å². The Morgan fingerprint density at radius 1 is 0.515 bits per heavy atom. The van der Waals surface area contributed by atoms with Crippen molar-refractivity contribution in [1.82, 2.24) is 0 Å². The first-order valence-electron chi connectivity index (χ1n) is 20.6. The molecule has 2 atom stereocenters. The highest BCUT2D eigenvalue weighted by molar-refractivity contribution is 6.33. The van der Waals surface area contributed by atoms with Gasteiger partial charge >= 0.3 is 0 Å². The molecule has 68 heavy (non-hydrogen) atoms. The van der Waals surface area contributed by atoms with E-state index in [1.165, 1.54) is 54.6 Å². The summed E-state index contributed by atoms with van der Waals surface area (Å²) in [5.74, 6) is -2.94. The molecule has 0 aromatic heterocycles. The largest absolute Gasteiger partial charge is 0.494 e. The molecule has 5 aromatic rings. The molecular weight excluding hydrogens is 982 g/mol. The molecule has 0 radical (unpaired) electrons. The van der Waals surface area contributed by atoms with E-state index in [2.05, 4.69) is 41.7 Å². The van der Waals surface area contributed by atoms with Crippen LogP contribution < -0.4 is 30.7 Å². The van der Waals surface area contributed by atoms with Gasteiger partial charge in [-0.3, -0.25) is 28.8 Å². The minimum absolute atomic E-state index is 0.00490. The molecule has 5 rings (SSSR count). The van der Waals surface area contributed by atoms with Crippen LogP contribution in [0.1, 0.15) is 65.1 Å². The Morgan fingerprint density at radius 3 is 1.37 bits per heavy atom. The summed E-state index contributed by atoms with van der Waals surface area (Å²) in [5.41, 5.74) is 3.15. The van der Waals surface area contributed by atoms with Gasteiger partial charge < -0.3 is 30.7 Å². The molecule has 0 spiro atoms. The first-order chi connectivity index (χ1) is 32.6. The maximum absolute atomic E-state index is 13.5. The molecule has 354 valence electrons. The van der Waals surface area contributed by atoms with Gasteiger partial charge in [-0.25, -0.2) is 0 Å². The van der Waals surface area contributed by atoms with Crippen LogP contribution in [-0.4, -0.2) is 60.5 Å². The number of nitrogens with one attached hydrogen (secondary N) is 4. The monoisotopic (exact) mass is 1020 g/mol. The Bertz CT molecular complexity index is 2790. The number of carbonyl (C=O) groups excluding carboxylic acids is 6. The molecule has 16 nitrogen and oxygen atoms in total. The minimum atomic E-state index is -1.65. The van der Waals surface area contributed by atoms with Crippen molar-refractivity contribution in [2.24, 2.45) is 20.5 Å². The van der Waals surface area contributed by atoms with E-state index in [1.54, 1.807) is 36.4 Å². The molecule has 0 saturated heterocycles. The van der Waals surface area contributed by atoms with Crippen LogP contribution in [0.25, 0.3) is 0 Å². The van der Waals surface area contributed by atoms with E-state index in [0.29, 0.717) is 52.8 Å². The normalized spacial score (nSPS) is 12.0. The van der Waals surface area contributed by atoms with Gasteiger partial charge in [-0.1, -0.05) is 35.3 Å². The average molecular weight is 1030 g/mol. The summed E-state index contributed by atoms with van der Waals surface area (Å²) in [6.45, 7) is 6.80. The van der Waals surface area contributed by atoms with Gasteiger partial charge in [-0.2, -0.15) is 20.5 Å². The molecule has 0 aliphatic rings. The molecule has 0 saturated carbocycles. The standard InChI is InChI=1S/C47H43Cl5N8O8/c1-5-67-33-12-7-29(22-48)38(20-33)55-44(63)27-9-14-35(51)40(18-27)57-59-42(25(3)61)46(65)53-32-11-16-37(31(17-32)24-50)54-47(66)43(26(4)62)60-58-41-19-28(10-15-36(41)52)45(64)56-39-21-34(68-6-2)13-8-30(39)23-49/h7-21,42-43H,5-6,22-24H2,1-4H3,(H,53,65)(H,54,66)(H,55,63)(H,56,64). The second kappa shape index (κ2) is 25.1. The molecule has 21 heteroatoms. The van der Waals surface area contributed by atoms with Crippen LogP contribution in [0.5, 0.6) is 11.5 Å². The van der Waals surface area contributed by atoms with Crippen LogP contribution in [0, 0.1) is 0 Å². The minimum Gasteiger partial charge on any atom is -0.494 e. The number of carbonyl (C=O) groups is 6. The molecule has 0 aliphatic heterocycles.